The van der Waals surface area contributed by atoms with E-state index in [9.17, 15) is 22.4 Å². The summed E-state index contributed by atoms with van der Waals surface area (Å²) in [6.45, 7) is 0.982. The highest BCUT2D eigenvalue weighted by Gasteiger charge is 2.44. The molecule has 140 valence electrons. The van der Waals surface area contributed by atoms with E-state index in [-0.39, 0.29) is 18.1 Å². The van der Waals surface area contributed by atoms with E-state index in [0.29, 0.717) is 19.5 Å². The average molecular weight is 363 g/mol. The Bertz CT molecular complexity index is 583. The zero-order valence-electron chi connectivity index (χ0n) is 13.6. The fraction of sp³-hybridized carbons (Fsp3) is 0.588. The number of hydrogen-bond donors (Lipinski definition) is 1. The Hall–Kier alpha value is -1.83. The van der Waals surface area contributed by atoms with Gasteiger partial charge in [0, 0.05) is 19.7 Å². The van der Waals surface area contributed by atoms with E-state index in [2.05, 4.69) is 4.74 Å². The Labute approximate surface area is 143 Å². The Kier molecular flexibility index (Phi) is 6.64. The number of halogens is 4. The average Bonchev–Trinajstić information content (AvgIpc) is 2.59. The van der Waals surface area contributed by atoms with Crippen molar-refractivity contribution in [1.82, 2.24) is 4.90 Å². The number of hydrogen-bond acceptors (Lipinski definition) is 3. The van der Waals surface area contributed by atoms with E-state index in [1.54, 1.807) is 0 Å². The van der Waals surface area contributed by atoms with E-state index < -0.39 is 24.2 Å². The van der Waals surface area contributed by atoms with Crippen molar-refractivity contribution in [3.8, 4) is 5.75 Å². The van der Waals surface area contributed by atoms with Crippen LogP contribution < -0.4 is 4.74 Å². The first-order valence-electron chi connectivity index (χ1n) is 8.19. The zero-order valence-corrected chi connectivity index (χ0v) is 13.6. The third kappa shape index (κ3) is 5.07. The van der Waals surface area contributed by atoms with E-state index in [1.165, 1.54) is 23.1 Å². The summed E-state index contributed by atoms with van der Waals surface area (Å²) in [7, 11) is 0. The van der Waals surface area contributed by atoms with Crippen molar-refractivity contribution in [3.63, 3.8) is 0 Å². The SMILES string of the molecule is O=C(c1ccccc1OC(F)(F)C(F)F)N1CCC[C@H](CCCO)C1. The molecule has 8 heteroatoms. The van der Waals surface area contributed by atoms with Crippen LogP contribution in [0.1, 0.15) is 36.0 Å². The van der Waals surface area contributed by atoms with Gasteiger partial charge in [0.15, 0.2) is 0 Å². The van der Waals surface area contributed by atoms with Crippen LogP contribution in [0.4, 0.5) is 17.6 Å². The molecule has 25 heavy (non-hydrogen) atoms. The standard InChI is InChI=1S/C17H21F4NO3/c18-16(19)17(20,21)25-14-8-2-1-7-13(14)15(24)22-9-3-5-12(11-22)6-4-10-23/h1-2,7-8,12,16,23H,3-6,9-11H2/t12-/m1/s1. The second-order valence-corrected chi connectivity index (χ2v) is 6.09. The maximum absolute atomic E-state index is 13.2. The summed E-state index contributed by atoms with van der Waals surface area (Å²) >= 11 is 0. The number of aliphatic hydroxyl groups is 1. The highest BCUT2D eigenvalue weighted by molar-refractivity contribution is 5.97. The summed E-state index contributed by atoms with van der Waals surface area (Å²) in [5, 5.41) is 8.91. The predicted molar refractivity (Wildman–Crippen MR) is 83.0 cm³/mol. The number of aliphatic hydroxyl groups excluding tert-OH is 1. The van der Waals surface area contributed by atoms with Crippen LogP contribution in [0.3, 0.4) is 0 Å². The smallest absolute Gasteiger partial charge is 0.427 e. The van der Waals surface area contributed by atoms with Gasteiger partial charge in [0.05, 0.1) is 5.56 Å². The lowest BCUT2D eigenvalue weighted by atomic mass is 9.93. The van der Waals surface area contributed by atoms with Crippen molar-refractivity contribution in [3.05, 3.63) is 29.8 Å². The fourth-order valence-corrected chi connectivity index (χ4v) is 2.96. The summed E-state index contributed by atoms with van der Waals surface area (Å²) in [6.07, 6.45) is -5.58. The van der Waals surface area contributed by atoms with Gasteiger partial charge in [-0.25, -0.2) is 0 Å². The fourth-order valence-electron chi connectivity index (χ4n) is 2.96. The molecule has 1 saturated heterocycles. The number of ether oxygens (including phenoxy) is 1. The highest BCUT2D eigenvalue weighted by atomic mass is 19.3. The summed E-state index contributed by atoms with van der Waals surface area (Å²) in [5.74, 6) is -0.856. The van der Waals surface area contributed by atoms with E-state index in [0.717, 1.165) is 25.3 Å². The monoisotopic (exact) mass is 363 g/mol. The third-order valence-corrected chi connectivity index (χ3v) is 4.19. The number of benzene rings is 1. The number of carbonyl (C=O) groups excluding carboxylic acids is 1. The molecule has 1 aliphatic rings. The normalized spacial score (nSPS) is 18.5. The number of carbonyl (C=O) groups is 1. The molecule has 0 bridgehead atoms. The van der Waals surface area contributed by atoms with Crippen molar-refractivity contribution >= 4 is 5.91 Å². The second-order valence-electron chi connectivity index (χ2n) is 6.09. The Balaban J connectivity index is 2.14. The second kappa shape index (κ2) is 8.51. The molecular formula is C17H21F4NO3. The number of piperidine rings is 1. The lowest BCUT2D eigenvalue weighted by Crippen LogP contribution is -2.40. The molecule has 4 nitrogen and oxygen atoms in total. The van der Waals surface area contributed by atoms with Crippen LogP contribution in [0.25, 0.3) is 0 Å². The van der Waals surface area contributed by atoms with Gasteiger partial charge in [0.2, 0.25) is 0 Å². The summed E-state index contributed by atoms with van der Waals surface area (Å²) in [5.41, 5.74) is -0.161. The van der Waals surface area contributed by atoms with Gasteiger partial charge in [-0.2, -0.15) is 17.6 Å². The van der Waals surface area contributed by atoms with Crippen molar-refractivity contribution in [2.45, 2.75) is 38.2 Å². The molecule has 0 aromatic heterocycles. The number of likely N-dealkylation sites (tertiary alicyclic amines) is 1. The van der Waals surface area contributed by atoms with Crippen molar-refractivity contribution in [2.24, 2.45) is 5.92 Å². The van der Waals surface area contributed by atoms with E-state index in [4.69, 9.17) is 5.11 Å². The summed E-state index contributed by atoms with van der Waals surface area (Å²) < 4.78 is 55.3. The van der Waals surface area contributed by atoms with Crippen molar-refractivity contribution < 1.29 is 32.2 Å². The minimum atomic E-state index is -4.66. The first-order chi connectivity index (χ1) is 11.8. The molecule has 0 radical (unpaired) electrons. The minimum absolute atomic E-state index is 0.0732. The number of rotatable bonds is 7. The minimum Gasteiger partial charge on any atom is -0.427 e. The summed E-state index contributed by atoms with van der Waals surface area (Å²) in [4.78, 5) is 14.2. The predicted octanol–water partition coefficient (Wildman–Crippen LogP) is 3.55. The molecule has 0 unspecified atom stereocenters. The maximum Gasteiger partial charge on any atom is 0.461 e. The molecule has 1 atom stereocenters. The quantitative estimate of drug-likeness (QED) is 0.754. The zero-order chi connectivity index (χ0) is 18.4. The van der Waals surface area contributed by atoms with E-state index in [1.807, 2.05) is 0 Å². The topological polar surface area (TPSA) is 49.8 Å². The molecule has 1 aromatic carbocycles. The van der Waals surface area contributed by atoms with Gasteiger partial charge in [0.1, 0.15) is 5.75 Å². The van der Waals surface area contributed by atoms with Gasteiger partial charge >= 0.3 is 12.5 Å². The first-order valence-corrected chi connectivity index (χ1v) is 8.19. The lowest BCUT2D eigenvalue weighted by molar-refractivity contribution is -0.253. The van der Waals surface area contributed by atoms with Crippen LogP contribution in [0.2, 0.25) is 0 Å². The van der Waals surface area contributed by atoms with E-state index >= 15 is 0 Å². The summed E-state index contributed by atoms with van der Waals surface area (Å²) in [6, 6.07) is 5.18. The van der Waals surface area contributed by atoms with Gasteiger partial charge in [-0.05, 0) is 43.7 Å². The van der Waals surface area contributed by atoms with Gasteiger partial charge in [-0.1, -0.05) is 12.1 Å². The van der Waals surface area contributed by atoms with Crippen LogP contribution in [0.5, 0.6) is 5.75 Å². The van der Waals surface area contributed by atoms with Gasteiger partial charge in [0.25, 0.3) is 5.91 Å². The molecule has 0 spiro atoms. The molecule has 2 rings (SSSR count). The van der Waals surface area contributed by atoms with Crippen LogP contribution >= 0.6 is 0 Å². The van der Waals surface area contributed by atoms with Crippen LogP contribution in [0, 0.1) is 5.92 Å². The number of para-hydroxylation sites is 1. The maximum atomic E-state index is 13.2. The first kappa shape index (κ1) is 19.5. The number of nitrogens with zero attached hydrogens (tertiary/aromatic N) is 1. The van der Waals surface area contributed by atoms with Crippen LogP contribution in [-0.4, -0.2) is 48.1 Å². The highest BCUT2D eigenvalue weighted by Crippen LogP contribution is 2.31. The third-order valence-electron chi connectivity index (χ3n) is 4.19. The molecular weight excluding hydrogens is 342 g/mol. The molecule has 1 aliphatic heterocycles. The van der Waals surface area contributed by atoms with Crippen LogP contribution in [-0.2, 0) is 0 Å². The molecule has 1 fully saturated rings. The van der Waals surface area contributed by atoms with Gasteiger partial charge in [-0.15, -0.1) is 0 Å². The van der Waals surface area contributed by atoms with Crippen molar-refractivity contribution in [2.75, 3.05) is 19.7 Å². The molecule has 1 aromatic rings. The molecule has 1 amide bonds. The Morgan fingerprint density at radius 2 is 2.08 bits per heavy atom. The Morgan fingerprint density at radius 3 is 2.76 bits per heavy atom. The lowest BCUT2D eigenvalue weighted by Gasteiger charge is -2.33. The molecule has 0 saturated carbocycles. The Morgan fingerprint density at radius 1 is 1.36 bits per heavy atom. The number of alkyl halides is 4. The molecule has 1 heterocycles. The largest absolute Gasteiger partial charge is 0.461 e. The van der Waals surface area contributed by atoms with Gasteiger partial charge in [-0.3, -0.25) is 4.79 Å². The molecule has 1 N–H and O–H groups in total. The molecule has 0 aliphatic carbocycles. The number of amides is 1. The van der Waals surface area contributed by atoms with Crippen molar-refractivity contribution in [1.29, 1.82) is 0 Å². The van der Waals surface area contributed by atoms with Gasteiger partial charge < -0.3 is 14.7 Å². The van der Waals surface area contributed by atoms with Crippen LogP contribution in [0.15, 0.2) is 24.3 Å².